The Kier molecular flexibility index (Phi) is 5.17. The van der Waals surface area contributed by atoms with E-state index in [1.54, 1.807) is 0 Å². The molecule has 2 unspecified atom stereocenters. The molecule has 1 aliphatic rings. The van der Waals surface area contributed by atoms with Crippen molar-refractivity contribution in [3.63, 3.8) is 0 Å². The average molecular weight is 290 g/mol. The number of nitrogens with two attached hydrogens (primary N) is 1. The minimum absolute atomic E-state index is 0.0749. The zero-order valence-electron chi connectivity index (χ0n) is 13.2. The maximum Gasteiger partial charge on any atom is 0.222 e. The lowest BCUT2D eigenvalue weighted by Crippen LogP contribution is -2.46. The van der Waals surface area contributed by atoms with E-state index < -0.39 is 0 Å². The van der Waals surface area contributed by atoms with Crippen molar-refractivity contribution < 1.29 is 4.79 Å². The molecule has 2 rings (SSSR count). The Balaban J connectivity index is 2.20. The number of pyridine rings is 1. The molecule has 0 aromatic carbocycles. The standard InChI is InChI=1S/C16H26N4O/c1-11(2)19-9-13-5-4-8-18-16(13)20-10-14(15(17)21)7-6-12(20)3/h4-5,8,11-12,14,19H,6-7,9-10H2,1-3H3,(H2,17,21). The van der Waals surface area contributed by atoms with E-state index in [0.29, 0.717) is 18.6 Å². The van der Waals surface area contributed by atoms with Gasteiger partial charge >= 0.3 is 0 Å². The monoisotopic (exact) mass is 290 g/mol. The van der Waals surface area contributed by atoms with Crippen molar-refractivity contribution in [3.05, 3.63) is 23.9 Å². The van der Waals surface area contributed by atoms with Crippen LogP contribution in [-0.4, -0.2) is 29.5 Å². The van der Waals surface area contributed by atoms with Crippen LogP contribution in [0.5, 0.6) is 0 Å². The van der Waals surface area contributed by atoms with E-state index in [2.05, 4.69) is 42.0 Å². The number of hydrogen-bond donors (Lipinski definition) is 2. The van der Waals surface area contributed by atoms with Crippen LogP contribution in [0.1, 0.15) is 39.2 Å². The van der Waals surface area contributed by atoms with E-state index in [0.717, 1.165) is 25.2 Å². The van der Waals surface area contributed by atoms with Gasteiger partial charge in [0.2, 0.25) is 5.91 Å². The Morgan fingerprint density at radius 2 is 2.29 bits per heavy atom. The SMILES string of the molecule is CC(C)NCc1cccnc1N1CC(C(N)=O)CCC1C. The molecule has 1 amide bonds. The van der Waals surface area contributed by atoms with Crippen molar-refractivity contribution in [2.45, 2.75) is 52.2 Å². The number of hydrogen-bond acceptors (Lipinski definition) is 4. The molecule has 0 bridgehead atoms. The molecule has 5 heteroatoms. The van der Waals surface area contributed by atoms with Gasteiger partial charge in [-0.15, -0.1) is 0 Å². The van der Waals surface area contributed by atoms with Gasteiger partial charge in [-0.05, 0) is 25.8 Å². The summed E-state index contributed by atoms with van der Waals surface area (Å²) in [6.45, 7) is 7.89. The van der Waals surface area contributed by atoms with E-state index in [4.69, 9.17) is 5.73 Å². The Morgan fingerprint density at radius 1 is 1.52 bits per heavy atom. The maximum atomic E-state index is 11.5. The van der Waals surface area contributed by atoms with Crippen molar-refractivity contribution >= 4 is 11.7 Å². The predicted molar refractivity (Wildman–Crippen MR) is 84.9 cm³/mol. The van der Waals surface area contributed by atoms with Crippen LogP contribution in [-0.2, 0) is 11.3 Å². The summed E-state index contributed by atoms with van der Waals surface area (Å²) in [4.78, 5) is 18.3. The Morgan fingerprint density at radius 3 is 2.95 bits per heavy atom. The molecule has 5 nitrogen and oxygen atoms in total. The number of carbonyl (C=O) groups is 1. The lowest BCUT2D eigenvalue weighted by atomic mass is 9.92. The third kappa shape index (κ3) is 3.94. The summed E-state index contributed by atoms with van der Waals surface area (Å²) in [6, 6.07) is 4.86. The number of nitrogens with zero attached hydrogens (tertiary/aromatic N) is 2. The van der Waals surface area contributed by atoms with E-state index >= 15 is 0 Å². The largest absolute Gasteiger partial charge is 0.369 e. The number of anilines is 1. The van der Waals surface area contributed by atoms with Gasteiger partial charge in [-0.3, -0.25) is 4.79 Å². The van der Waals surface area contributed by atoms with Gasteiger partial charge in [0.1, 0.15) is 5.82 Å². The number of amides is 1. The number of piperidine rings is 1. The summed E-state index contributed by atoms with van der Waals surface area (Å²) in [6.07, 6.45) is 3.66. The van der Waals surface area contributed by atoms with Crippen molar-refractivity contribution in [2.24, 2.45) is 11.7 Å². The summed E-state index contributed by atoms with van der Waals surface area (Å²) in [5.41, 5.74) is 6.66. The fraction of sp³-hybridized carbons (Fsp3) is 0.625. The molecule has 1 aromatic heterocycles. The summed E-state index contributed by atoms with van der Waals surface area (Å²) < 4.78 is 0. The lowest BCUT2D eigenvalue weighted by molar-refractivity contribution is -0.122. The van der Waals surface area contributed by atoms with Gasteiger partial charge in [-0.2, -0.15) is 0 Å². The first-order valence-corrected chi connectivity index (χ1v) is 7.72. The first kappa shape index (κ1) is 15.8. The fourth-order valence-electron chi connectivity index (χ4n) is 2.78. The molecule has 0 spiro atoms. The van der Waals surface area contributed by atoms with Crippen LogP contribution in [0.3, 0.4) is 0 Å². The Labute approximate surface area is 126 Å². The molecule has 21 heavy (non-hydrogen) atoms. The number of primary amides is 1. The van der Waals surface area contributed by atoms with E-state index in [-0.39, 0.29) is 11.8 Å². The molecular weight excluding hydrogens is 264 g/mol. The van der Waals surface area contributed by atoms with Crippen molar-refractivity contribution in [1.29, 1.82) is 0 Å². The van der Waals surface area contributed by atoms with Crippen molar-refractivity contribution in [2.75, 3.05) is 11.4 Å². The quantitative estimate of drug-likeness (QED) is 0.865. The molecule has 2 atom stereocenters. The maximum absolute atomic E-state index is 11.5. The molecule has 116 valence electrons. The zero-order chi connectivity index (χ0) is 15.4. The number of carbonyl (C=O) groups excluding carboxylic acids is 1. The number of rotatable bonds is 5. The molecule has 0 radical (unpaired) electrons. The molecular formula is C16H26N4O. The van der Waals surface area contributed by atoms with Crippen molar-refractivity contribution in [3.8, 4) is 0 Å². The number of aromatic nitrogens is 1. The topological polar surface area (TPSA) is 71.2 Å². The van der Waals surface area contributed by atoms with Crippen LogP contribution in [0.15, 0.2) is 18.3 Å². The highest BCUT2D eigenvalue weighted by Crippen LogP contribution is 2.28. The summed E-state index contributed by atoms with van der Waals surface area (Å²) in [7, 11) is 0. The highest BCUT2D eigenvalue weighted by Gasteiger charge is 2.30. The first-order valence-electron chi connectivity index (χ1n) is 7.72. The minimum atomic E-state index is -0.204. The Hall–Kier alpha value is -1.62. The average Bonchev–Trinajstić information content (AvgIpc) is 2.45. The van der Waals surface area contributed by atoms with Gasteiger partial charge in [-0.1, -0.05) is 19.9 Å². The van der Waals surface area contributed by atoms with Crippen LogP contribution in [0.4, 0.5) is 5.82 Å². The second-order valence-corrected chi connectivity index (χ2v) is 6.20. The highest BCUT2D eigenvalue weighted by atomic mass is 16.1. The van der Waals surface area contributed by atoms with Crippen LogP contribution < -0.4 is 16.0 Å². The summed E-state index contributed by atoms with van der Waals surface area (Å²) >= 11 is 0. The smallest absolute Gasteiger partial charge is 0.222 e. The molecule has 3 N–H and O–H groups in total. The summed E-state index contributed by atoms with van der Waals surface area (Å²) in [5.74, 6) is 0.697. The van der Waals surface area contributed by atoms with Crippen LogP contribution in [0.25, 0.3) is 0 Å². The van der Waals surface area contributed by atoms with Crippen molar-refractivity contribution in [1.82, 2.24) is 10.3 Å². The number of nitrogens with one attached hydrogen (secondary N) is 1. The third-order valence-electron chi connectivity index (χ3n) is 4.12. The van der Waals surface area contributed by atoms with Crippen LogP contribution >= 0.6 is 0 Å². The molecule has 0 aliphatic carbocycles. The molecule has 1 aromatic rings. The van der Waals surface area contributed by atoms with Gasteiger partial charge in [0.05, 0.1) is 5.92 Å². The summed E-state index contributed by atoms with van der Waals surface area (Å²) in [5, 5.41) is 3.43. The highest BCUT2D eigenvalue weighted by molar-refractivity contribution is 5.77. The second kappa shape index (κ2) is 6.89. The lowest BCUT2D eigenvalue weighted by Gasteiger charge is -2.38. The van der Waals surface area contributed by atoms with Crippen LogP contribution in [0.2, 0.25) is 0 Å². The molecule has 1 fully saturated rings. The Bertz CT molecular complexity index is 489. The van der Waals surface area contributed by atoms with Gasteiger partial charge in [0, 0.05) is 36.9 Å². The van der Waals surface area contributed by atoms with Gasteiger partial charge in [0.15, 0.2) is 0 Å². The minimum Gasteiger partial charge on any atom is -0.369 e. The zero-order valence-corrected chi connectivity index (χ0v) is 13.2. The molecule has 0 saturated carbocycles. The van der Waals surface area contributed by atoms with E-state index in [1.165, 1.54) is 5.56 Å². The normalized spacial score (nSPS) is 22.6. The van der Waals surface area contributed by atoms with Gasteiger partial charge in [-0.25, -0.2) is 4.98 Å². The predicted octanol–water partition coefficient (Wildman–Crippen LogP) is 1.67. The van der Waals surface area contributed by atoms with Gasteiger partial charge < -0.3 is 16.0 Å². The molecule has 1 saturated heterocycles. The van der Waals surface area contributed by atoms with E-state index in [1.807, 2.05) is 12.3 Å². The first-order chi connectivity index (χ1) is 9.99. The van der Waals surface area contributed by atoms with Gasteiger partial charge in [0.25, 0.3) is 0 Å². The third-order valence-corrected chi connectivity index (χ3v) is 4.12. The molecule has 1 aliphatic heterocycles. The fourth-order valence-corrected chi connectivity index (χ4v) is 2.78. The molecule has 2 heterocycles. The second-order valence-electron chi connectivity index (χ2n) is 6.20. The van der Waals surface area contributed by atoms with Crippen LogP contribution in [0, 0.1) is 5.92 Å². The van der Waals surface area contributed by atoms with E-state index in [9.17, 15) is 4.79 Å².